The highest BCUT2D eigenvalue weighted by Gasteiger charge is 2.26. The molecule has 3 N–H and O–H groups in total. The third-order valence-electron chi connectivity index (χ3n) is 3.04. The minimum absolute atomic E-state index is 0.0505. The van der Waals surface area contributed by atoms with Crippen molar-refractivity contribution in [2.75, 3.05) is 12.3 Å². The third-order valence-corrected chi connectivity index (χ3v) is 5.30. The first-order valence-corrected chi connectivity index (χ1v) is 8.15. The Balaban J connectivity index is 1.86. The Labute approximate surface area is 109 Å². The quantitative estimate of drug-likeness (QED) is 0.860. The van der Waals surface area contributed by atoms with Gasteiger partial charge in [0.25, 0.3) is 10.0 Å². The van der Waals surface area contributed by atoms with E-state index in [-0.39, 0.29) is 10.8 Å². The summed E-state index contributed by atoms with van der Waals surface area (Å²) in [5.74, 6) is 0.748. The van der Waals surface area contributed by atoms with Gasteiger partial charge in [0.05, 0.1) is 0 Å². The van der Waals surface area contributed by atoms with Gasteiger partial charge in [-0.25, -0.2) is 18.1 Å². The van der Waals surface area contributed by atoms with Gasteiger partial charge in [-0.15, -0.1) is 11.3 Å². The van der Waals surface area contributed by atoms with Gasteiger partial charge in [-0.1, -0.05) is 12.8 Å². The molecule has 0 aromatic carbocycles. The zero-order valence-corrected chi connectivity index (χ0v) is 11.3. The van der Waals surface area contributed by atoms with Gasteiger partial charge in [-0.3, -0.25) is 4.40 Å². The zero-order valence-electron chi connectivity index (χ0n) is 9.67. The van der Waals surface area contributed by atoms with E-state index in [4.69, 9.17) is 5.73 Å². The van der Waals surface area contributed by atoms with Crippen LogP contribution in [0.5, 0.6) is 0 Å². The van der Waals surface area contributed by atoms with Crippen LogP contribution >= 0.6 is 11.3 Å². The molecule has 2 heterocycles. The van der Waals surface area contributed by atoms with E-state index in [2.05, 4.69) is 9.71 Å². The van der Waals surface area contributed by atoms with Crippen molar-refractivity contribution in [2.45, 2.75) is 24.3 Å². The molecule has 0 saturated heterocycles. The predicted octanol–water partition coefficient (Wildman–Crippen LogP) is 1.06. The lowest BCUT2D eigenvalue weighted by Crippen LogP contribution is -2.26. The van der Waals surface area contributed by atoms with Crippen LogP contribution in [0, 0.1) is 5.92 Å². The van der Waals surface area contributed by atoms with Crippen molar-refractivity contribution in [3.05, 3.63) is 11.6 Å². The molecule has 0 unspecified atom stereocenters. The third kappa shape index (κ3) is 2.11. The van der Waals surface area contributed by atoms with Crippen LogP contribution in [0.15, 0.2) is 16.6 Å². The molecule has 1 aliphatic rings. The largest absolute Gasteiger partial charge is 0.381 e. The average Bonchev–Trinajstić information content (AvgIpc) is 2.89. The molecule has 2 aromatic rings. The highest BCUT2D eigenvalue weighted by Crippen LogP contribution is 2.32. The fourth-order valence-electron chi connectivity index (χ4n) is 1.92. The van der Waals surface area contributed by atoms with Crippen LogP contribution in [-0.4, -0.2) is 24.3 Å². The molecule has 1 saturated carbocycles. The van der Waals surface area contributed by atoms with Gasteiger partial charge in [0, 0.05) is 18.1 Å². The van der Waals surface area contributed by atoms with Gasteiger partial charge < -0.3 is 5.73 Å². The molecule has 8 heteroatoms. The second-order valence-corrected chi connectivity index (χ2v) is 7.04. The maximum absolute atomic E-state index is 12.2. The molecule has 0 amide bonds. The van der Waals surface area contributed by atoms with Gasteiger partial charge >= 0.3 is 0 Å². The minimum Gasteiger partial charge on any atom is -0.381 e. The van der Waals surface area contributed by atoms with Crippen LogP contribution in [0.3, 0.4) is 0 Å². The number of thiazole rings is 1. The molecule has 0 aliphatic heterocycles. The second kappa shape index (κ2) is 4.22. The number of nitrogens with one attached hydrogen (secondary N) is 1. The Bertz CT molecular complexity index is 669. The van der Waals surface area contributed by atoms with Crippen molar-refractivity contribution < 1.29 is 8.42 Å². The van der Waals surface area contributed by atoms with E-state index < -0.39 is 10.0 Å². The Morgan fingerprint density at radius 3 is 3.06 bits per heavy atom. The Morgan fingerprint density at radius 2 is 2.33 bits per heavy atom. The number of rotatable bonds is 5. The maximum atomic E-state index is 12.2. The first-order chi connectivity index (χ1) is 8.58. The van der Waals surface area contributed by atoms with Crippen LogP contribution in [0.1, 0.15) is 19.3 Å². The van der Waals surface area contributed by atoms with Gasteiger partial charge in [0.2, 0.25) is 0 Å². The number of anilines is 1. The van der Waals surface area contributed by atoms with Crippen molar-refractivity contribution in [3.8, 4) is 0 Å². The molecular weight excluding hydrogens is 272 g/mol. The van der Waals surface area contributed by atoms with E-state index in [0.29, 0.717) is 17.4 Å². The number of aromatic nitrogens is 2. The van der Waals surface area contributed by atoms with Crippen LogP contribution in [0.4, 0.5) is 5.82 Å². The standard InChI is InChI=1S/C10H14N4O2S2/c11-8-9(14-5-6-17-10(14)13-8)18(15,16)12-4-3-7-1-2-7/h5-7,12H,1-4,11H2. The number of nitrogen functional groups attached to an aromatic ring is 1. The average molecular weight is 286 g/mol. The van der Waals surface area contributed by atoms with Gasteiger partial charge in [-0.2, -0.15) is 0 Å². The van der Waals surface area contributed by atoms with Crippen molar-refractivity contribution in [1.82, 2.24) is 14.1 Å². The van der Waals surface area contributed by atoms with E-state index in [1.165, 1.54) is 28.6 Å². The van der Waals surface area contributed by atoms with Gasteiger partial charge in [0.15, 0.2) is 15.8 Å². The second-order valence-electron chi connectivity index (χ2n) is 4.49. The predicted molar refractivity (Wildman–Crippen MR) is 70.0 cm³/mol. The first kappa shape index (κ1) is 11.9. The summed E-state index contributed by atoms with van der Waals surface area (Å²) in [6, 6.07) is 0. The summed E-state index contributed by atoms with van der Waals surface area (Å²) in [6.07, 6.45) is 4.99. The number of hydrogen-bond donors (Lipinski definition) is 2. The number of fused-ring (bicyclic) bond motifs is 1. The molecule has 6 nitrogen and oxygen atoms in total. The summed E-state index contributed by atoms with van der Waals surface area (Å²) in [6.45, 7) is 0.462. The normalized spacial score (nSPS) is 16.4. The molecule has 0 bridgehead atoms. The van der Waals surface area contributed by atoms with E-state index in [1.807, 2.05) is 0 Å². The molecule has 2 aromatic heterocycles. The molecule has 0 atom stereocenters. The molecule has 98 valence electrons. The van der Waals surface area contributed by atoms with Crippen LogP contribution in [0.25, 0.3) is 4.96 Å². The maximum Gasteiger partial charge on any atom is 0.260 e. The van der Waals surface area contributed by atoms with Crippen molar-refractivity contribution >= 4 is 32.1 Å². The SMILES string of the molecule is Nc1nc2sccn2c1S(=O)(=O)NCCC1CC1. The van der Waals surface area contributed by atoms with E-state index >= 15 is 0 Å². The van der Waals surface area contributed by atoms with Crippen molar-refractivity contribution in [1.29, 1.82) is 0 Å². The smallest absolute Gasteiger partial charge is 0.260 e. The lowest BCUT2D eigenvalue weighted by molar-refractivity contribution is 0.571. The fourth-order valence-corrected chi connectivity index (χ4v) is 3.95. The van der Waals surface area contributed by atoms with Gasteiger partial charge in [-0.05, 0) is 12.3 Å². The van der Waals surface area contributed by atoms with Crippen LogP contribution < -0.4 is 10.5 Å². The van der Waals surface area contributed by atoms with E-state index in [0.717, 1.165) is 6.42 Å². The molecule has 1 fully saturated rings. The van der Waals surface area contributed by atoms with Crippen molar-refractivity contribution in [2.24, 2.45) is 5.92 Å². The number of nitrogens with two attached hydrogens (primary N) is 1. The highest BCUT2D eigenvalue weighted by molar-refractivity contribution is 7.89. The van der Waals surface area contributed by atoms with Crippen molar-refractivity contribution in [3.63, 3.8) is 0 Å². The summed E-state index contributed by atoms with van der Waals surface area (Å²) in [5.41, 5.74) is 5.68. The number of hydrogen-bond acceptors (Lipinski definition) is 5. The molecular formula is C10H14N4O2S2. The topological polar surface area (TPSA) is 89.5 Å². The zero-order chi connectivity index (χ0) is 12.8. The summed E-state index contributed by atoms with van der Waals surface area (Å²) in [7, 11) is -3.58. The van der Waals surface area contributed by atoms with Crippen LogP contribution in [0.2, 0.25) is 0 Å². The lowest BCUT2D eigenvalue weighted by atomic mass is 10.3. The Kier molecular flexibility index (Phi) is 2.80. The molecule has 0 radical (unpaired) electrons. The summed E-state index contributed by atoms with van der Waals surface area (Å²) < 4.78 is 28.5. The lowest BCUT2D eigenvalue weighted by Gasteiger charge is -2.05. The molecule has 0 spiro atoms. The molecule has 18 heavy (non-hydrogen) atoms. The Morgan fingerprint density at radius 1 is 1.56 bits per heavy atom. The fraction of sp³-hybridized carbons (Fsp3) is 0.500. The minimum atomic E-state index is -3.58. The number of imidazole rings is 1. The molecule has 3 rings (SSSR count). The summed E-state index contributed by atoms with van der Waals surface area (Å²) >= 11 is 1.36. The van der Waals surface area contributed by atoms with E-state index in [1.54, 1.807) is 11.6 Å². The van der Waals surface area contributed by atoms with Gasteiger partial charge in [0.1, 0.15) is 0 Å². The monoisotopic (exact) mass is 286 g/mol. The first-order valence-electron chi connectivity index (χ1n) is 5.78. The number of nitrogens with zero attached hydrogens (tertiary/aromatic N) is 2. The summed E-state index contributed by atoms with van der Waals surface area (Å²) in [4.78, 5) is 4.63. The van der Waals surface area contributed by atoms with Crippen LogP contribution in [-0.2, 0) is 10.0 Å². The number of sulfonamides is 1. The summed E-state index contributed by atoms with van der Waals surface area (Å²) in [5, 5.41) is 1.83. The molecule has 1 aliphatic carbocycles. The highest BCUT2D eigenvalue weighted by atomic mass is 32.2. The van der Waals surface area contributed by atoms with E-state index in [9.17, 15) is 8.42 Å². The Hall–Kier alpha value is -1.12.